The number of imidazole rings is 1. The Morgan fingerprint density at radius 3 is 1.77 bits per heavy atom. The number of carbonyl (C=O) groups is 13. The number of hydrogen-bond acceptors (Lipinski definition) is 17. The Labute approximate surface area is 485 Å². The van der Waals surface area contributed by atoms with Gasteiger partial charge in [0.1, 0.15) is 42.3 Å². The van der Waals surface area contributed by atoms with Crippen LogP contribution in [-0.4, -0.2) is 190 Å². The van der Waals surface area contributed by atoms with Gasteiger partial charge in [0.25, 0.3) is 0 Å². The van der Waals surface area contributed by atoms with Crippen LogP contribution in [0, 0.1) is 11.8 Å². The van der Waals surface area contributed by atoms with E-state index in [9.17, 15) is 67.4 Å². The van der Waals surface area contributed by atoms with Gasteiger partial charge >= 0.3 is 5.97 Å². The highest BCUT2D eigenvalue weighted by atomic mass is 32.1. The number of nitrogens with two attached hydrogens (primary N) is 3. The van der Waals surface area contributed by atoms with E-state index in [0.29, 0.717) is 30.5 Å². The van der Waals surface area contributed by atoms with Crippen LogP contribution >= 0.6 is 12.6 Å². The highest BCUT2D eigenvalue weighted by molar-refractivity contribution is 7.80. The Balaban J connectivity index is 1.74. The molecule has 1 aliphatic rings. The zero-order valence-corrected chi connectivity index (χ0v) is 47.9. The van der Waals surface area contributed by atoms with Crippen LogP contribution in [-0.2, 0) is 75.2 Å². The number of aromatic nitrogens is 2. The minimum absolute atomic E-state index is 0.0516. The molecule has 31 heteroatoms. The van der Waals surface area contributed by atoms with Gasteiger partial charge in [0.15, 0.2) is 0 Å². The number of benzene rings is 1. The number of thiol groups is 1. The normalized spacial score (nSPS) is 15.4. The molecule has 458 valence electrons. The van der Waals surface area contributed by atoms with Crippen LogP contribution in [0.1, 0.15) is 83.9 Å². The van der Waals surface area contributed by atoms with Crippen LogP contribution in [0.5, 0.6) is 0 Å². The van der Waals surface area contributed by atoms with E-state index in [4.69, 9.17) is 17.2 Å². The number of nitrogens with one attached hydrogen (secondary N) is 11. The highest BCUT2D eigenvalue weighted by Crippen LogP contribution is 2.21. The average Bonchev–Trinajstić information content (AvgIpc) is 4.42. The number of aromatic amines is 1. The fraction of sp³-hybridized carbons (Fsp3) is 0.577. The summed E-state index contributed by atoms with van der Waals surface area (Å²) in [5.41, 5.74) is 17.5. The number of hydrogen-bond donors (Lipinski definition) is 16. The van der Waals surface area contributed by atoms with Crippen molar-refractivity contribution >= 4 is 89.5 Å². The minimum Gasteiger partial charge on any atom is -0.480 e. The number of H-pyrrole nitrogens is 1. The zero-order chi connectivity index (χ0) is 61.8. The van der Waals surface area contributed by atoms with E-state index in [2.05, 4.69) is 75.8 Å². The number of carboxylic acids is 1. The van der Waals surface area contributed by atoms with Crippen molar-refractivity contribution < 1.29 is 67.4 Å². The molecule has 30 nitrogen and oxygen atoms in total. The van der Waals surface area contributed by atoms with Crippen molar-refractivity contribution in [1.82, 2.24) is 68.0 Å². The van der Waals surface area contributed by atoms with Crippen molar-refractivity contribution in [3.63, 3.8) is 0 Å². The fourth-order valence-electron chi connectivity index (χ4n) is 8.45. The molecular formula is C52H80N16O14S. The molecule has 1 aromatic carbocycles. The van der Waals surface area contributed by atoms with Crippen LogP contribution in [0.25, 0.3) is 0 Å². The van der Waals surface area contributed by atoms with Gasteiger partial charge in [0, 0.05) is 37.0 Å². The number of aliphatic carboxylic acids is 1. The Hall–Kier alpha value is -8.19. The highest BCUT2D eigenvalue weighted by Gasteiger charge is 2.40. The summed E-state index contributed by atoms with van der Waals surface area (Å²) in [5, 5.41) is 34.5. The van der Waals surface area contributed by atoms with Gasteiger partial charge in [0.05, 0.1) is 45.0 Å². The van der Waals surface area contributed by atoms with Crippen molar-refractivity contribution in [3.05, 3.63) is 54.1 Å². The Kier molecular flexibility index (Phi) is 29.6. The summed E-state index contributed by atoms with van der Waals surface area (Å²) in [6.45, 7) is 5.09. The number of rotatable bonds is 36. The SMILES string of the molecule is CC(C)C[C@H](NC(=O)[C@@H]1CCCN1C(=O)[C@H](CCCCN)NC(=O)[C@@H](NC(=O)CNC(=O)CNC(=O)CNC(=O)CNC(=O)[C@@H](N)CS)C(C)C)C(=O)N[C@@H](Cc1ccccc1)C(=O)N[C@@H](Cc1cnc[nH]1)C(=O)N[C@@H](CC(N)=O)C(=O)O. The number of nitrogens with zero attached hydrogens (tertiary/aromatic N) is 2. The lowest BCUT2D eigenvalue weighted by Gasteiger charge is -2.31. The van der Waals surface area contributed by atoms with Gasteiger partial charge in [-0.3, -0.25) is 57.5 Å². The van der Waals surface area contributed by atoms with Crippen molar-refractivity contribution in [2.24, 2.45) is 29.0 Å². The van der Waals surface area contributed by atoms with Gasteiger partial charge < -0.3 is 85.4 Å². The summed E-state index contributed by atoms with van der Waals surface area (Å²) in [5.74, 6) is -11.6. The number of primary amides is 1. The summed E-state index contributed by atoms with van der Waals surface area (Å²) in [6.07, 6.45) is 3.22. The third-order valence-electron chi connectivity index (χ3n) is 12.8. The summed E-state index contributed by atoms with van der Waals surface area (Å²) in [4.78, 5) is 178. The van der Waals surface area contributed by atoms with Crippen LogP contribution in [0.15, 0.2) is 42.9 Å². The molecule has 0 unspecified atom stereocenters. The van der Waals surface area contributed by atoms with Crippen molar-refractivity contribution in [2.75, 3.05) is 45.0 Å². The molecule has 2 aromatic rings. The Morgan fingerprint density at radius 2 is 1.24 bits per heavy atom. The largest absolute Gasteiger partial charge is 0.480 e. The van der Waals surface area contributed by atoms with Gasteiger partial charge in [-0.15, -0.1) is 0 Å². The molecule has 1 aliphatic heterocycles. The van der Waals surface area contributed by atoms with E-state index in [-0.39, 0.29) is 56.9 Å². The second kappa shape index (κ2) is 35.6. The maximum atomic E-state index is 14.5. The van der Waals surface area contributed by atoms with Gasteiger partial charge in [-0.1, -0.05) is 58.0 Å². The zero-order valence-electron chi connectivity index (χ0n) is 47.0. The first-order valence-corrected chi connectivity index (χ1v) is 27.7. The third-order valence-corrected chi connectivity index (χ3v) is 13.2. The third kappa shape index (κ3) is 24.8. The van der Waals surface area contributed by atoms with Crippen LogP contribution in [0.4, 0.5) is 0 Å². The summed E-state index contributed by atoms with van der Waals surface area (Å²) >= 11 is 3.90. The molecule has 0 spiro atoms. The van der Waals surface area contributed by atoms with E-state index >= 15 is 0 Å². The molecule has 1 fully saturated rings. The average molecular weight is 1190 g/mol. The van der Waals surface area contributed by atoms with Gasteiger partial charge in [0.2, 0.25) is 70.9 Å². The number of carboxylic acid groups (broad SMARTS) is 1. The van der Waals surface area contributed by atoms with E-state index < -0.39 is 164 Å². The first-order valence-electron chi connectivity index (χ1n) is 27.1. The number of unbranched alkanes of at least 4 members (excludes halogenated alkanes) is 1. The molecule has 18 N–H and O–H groups in total. The molecule has 0 saturated carbocycles. The lowest BCUT2D eigenvalue weighted by molar-refractivity contribution is -0.144. The van der Waals surface area contributed by atoms with E-state index in [1.54, 1.807) is 58.0 Å². The lowest BCUT2D eigenvalue weighted by atomic mass is 10.00. The molecule has 3 rings (SSSR count). The molecule has 0 aliphatic carbocycles. The molecule has 12 amide bonds. The lowest BCUT2D eigenvalue weighted by Crippen LogP contribution is -2.60. The molecule has 1 saturated heterocycles. The van der Waals surface area contributed by atoms with E-state index in [1.165, 1.54) is 17.4 Å². The van der Waals surface area contributed by atoms with E-state index in [1.807, 2.05) is 0 Å². The Bertz CT molecular complexity index is 2560. The molecule has 0 bridgehead atoms. The van der Waals surface area contributed by atoms with Crippen molar-refractivity contribution in [2.45, 2.75) is 134 Å². The molecule has 8 atom stereocenters. The smallest absolute Gasteiger partial charge is 0.326 e. The number of carbonyl (C=O) groups excluding carboxylic acids is 12. The molecule has 1 aromatic heterocycles. The predicted molar refractivity (Wildman–Crippen MR) is 301 cm³/mol. The topological polar surface area (TPSA) is 472 Å². The molecule has 0 radical (unpaired) electrons. The quantitative estimate of drug-likeness (QED) is 0.0224. The van der Waals surface area contributed by atoms with Crippen LogP contribution in [0.2, 0.25) is 0 Å². The van der Waals surface area contributed by atoms with Crippen LogP contribution < -0.4 is 70.4 Å². The van der Waals surface area contributed by atoms with Gasteiger partial charge in [-0.05, 0) is 62.5 Å². The maximum absolute atomic E-state index is 14.5. The summed E-state index contributed by atoms with van der Waals surface area (Å²) in [7, 11) is 0. The first-order chi connectivity index (χ1) is 39.3. The van der Waals surface area contributed by atoms with E-state index in [0.717, 1.165) is 0 Å². The second-order valence-electron chi connectivity index (χ2n) is 20.5. The predicted octanol–water partition coefficient (Wildman–Crippen LogP) is -5.39. The minimum atomic E-state index is -1.73. The van der Waals surface area contributed by atoms with Crippen LogP contribution in [0.3, 0.4) is 0 Å². The van der Waals surface area contributed by atoms with Crippen molar-refractivity contribution in [1.29, 1.82) is 0 Å². The Morgan fingerprint density at radius 1 is 0.687 bits per heavy atom. The first kappa shape index (κ1) is 69.1. The summed E-state index contributed by atoms with van der Waals surface area (Å²) < 4.78 is 0. The van der Waals surface area contributed by atoms with Gasteiger partial charge in [-0.2, -0.15) is 12.6 Å². The summed E-state index contributed by atoms with van der Waals surface area (Å²) in [6, 6.07) is -1.74. The standard InChI is InChI=1S/C52H80N16O14S/c1-28(2)17-34(46(75)63-35(18-30-11-6-5-7-12-30)47(76)64-36(19-31-21-56-27-61-31)48(77)66-37(52(81)82)20-39(55)69)65-49(78)38-14-10-16-68(38)51(80)33(13-8-9-15-53)62-50(79)44(29(3)4)67-43(73)25-59-41(71)23-57-40(70)22-58-42(72)24-60-45(74)32(54)26-83/h5-7,11-12,21,27-29,32-38,44,83H,8-10,13-20,22-26,53-54H2,1-4H3,(H2,55,69)(H,56,61)(H,57,70)(H,58,72)(H,59,71)(H,60,74)(H,62,79)(H,63,75)(H,64,76)(H,65,78)(H,66,77)(H,67,73)(H,81,82)/t32-,33-,34-,35-,36-,37-,38-,44-/m0/s1. The second-order valence-corrected chi connectivity index (χ2v) is 20.9. The molecule has 83 heavy (non-hydrogen) atoms. The fourth-order valence-corrected chi connectivity index (χ4v) is 8.62. The molecule has 2 heterocycles. The van der Waals surface area contributed by atoms with Gasteiger partial charge in [-0.25, -0.2) is 9.78 Å². The maximum Gasteiger partial charge on any atom is 0.326 e. The van der Waals surface area contributed by atoms with Crippen molar-refractivity contribution in [3.8, 4) is 0 Å². The molecular weight excluding hydrogens is 1100 g/mol. The monoisotopic (exact) mass is 1180 g/mol. The number of likely N-dealkylation sites (tertiary alicyclic amines) is 1. The number of amides is 12.